The van der Waals surface area contributed by atoms with Gasteiger partial charge in [-0.2, -0.15) is 0 Å². The molecule has 3 aromatic carbocycles. The summed E-state index contributed by atoms with van der Waals surface area (Å²) < 4.78 is 65.3. The first-order valence-electron chi connectivity index (χ1n) is 12.6. The van der Waals surface area contributed by atoms with Gasteiger partial charge in [0, 0.05) is 27.9 Å². The quantitative estimate of drug-likeness (QED) is 0.203. The van der Waals surface area contributed by atoms with Gasteiger partial charge in [-0.15, -0.1) is 0 Å². The van der Waals surface area contributed by atoms with Crippen LogP contribution in [0.3, 0.4) is 0 Å². The molecule has 0 aliphatic heterocycles. The molecule has 0 heterocycles. The maximum absolute atomic E-state index is 13.6. The van der Waals surface area contributed by atoms with Crippen molar-refractivity contribution in [2.45, 2.75) is 39.7 Å². The van der Waals surface area contributed by atoms with Gasteiger partial charge in [0.15, 0.2) is 12.4 Å². The molecule has 0 saturated heterocycles. The van der Waals surface area contributed by atoms with E-state index in [4.69, 9.17) is 21.1 Å². The summed E-state index contributed by atoms with van der Waals surface area (Å²) in [5, 5.41) is 2.90. The fraction of sp³-hybridized carbons (Fsp3) is 0.310. The molecule has 1 amide bonds. The van der Waals surface area contributed by atoms with E-state index in [1.807, 2.05) is 0 Å². The van der Waals surface area contributed by atoms with Crippen molar-refractivity contribution in [3.8, 4) is 11.5 Å². The second kappa shape index (κ2) is 13.4. The number of carbonyl (C=O) groups is 2. The monoisotopic (exact) mass is 608 g/mol. The Morgan fingerprint density at radius 3 is 2.27 bits per heavy atom. The molecule has 0 spiro atoms. The van der Waals surface area contributed by atoms with Crippen molar-refractivity contribution in [2.24, 2.45) is 0 Å². The number of rotatable bonds is 12. The van der Waals surface area contributed by atoms with Crippen molar-refractivity contribution in [3.63, 3.8) is 0 Å². The molecule has 0 aliphatic rings. The van der Waals surface area contributed by atoms with E-state index in [0.717, 1.165) is 12.1 Å². The van der Waals surface area contributed by atoms with Crippen LogP contribution in [0.5, 0.6) is 11.5 Å². The van der Waals surface area contributed by atoms with E-state index in [1.165, 1.54) is 18.2 Å². The van der Waals surface area contributed by atoms with Crippen LogP contribution in [-0.4, -0.2) is 44.6 Å². The highest BCUT2D eigenvalue weighted by atomic mass is 35.5. The number of benzene rings is 3. The summed E-state index contributed by atoms with van der Waals surface area (Å²) in [4.78, 5) is 25.5. The molecule has 0 bridgehead atoms. The van der Waals surface area contributed by atoms with Gasteiger partial charge in [-0.1, -0.05) is 11.6 Å². The van der Waals surface area contributed by atoms with Crippen LogP contribution in [0.15, 0.2) is 54.6 Å². The number of sulfonamides is 1. The van der Waals surface area contributed by atoms with Crippen LogP contribution in [0.1, 0.15) is 48.7 Å². The average molecular weight is 609 g/mol. The first-order chi connectivity index (χ1) is 19.1. The van der Waals surface area contributed by atoms with Crippen molar-refractivity contribution >= 4 is 39.0 Å². The van der Waals surface area contributed by atoms with E-state index in [9.17, 15) is 26.8 Å². The molecule has 8 nitrogen and oxygen atoms in total. The molecule has 0 unspecified atom stereocenters. The first kappa shape index (κ1) is 32.0. The standard InChI is InChI=1S/C29H31ClF2N2O6S/c1-18-12-23(39-10-5-11-41(37,38)34-29(2,3)4)7-8-25(18)33-27(35)17-40-26-9-6-20(30)15-24(26)28(36)19-13-21(31)16-22(32)14-19/h6-9,12-16,34H,5,10-11,17H2,1-4H3,(H,33,35). The predicted molar refractivity (Wildman–Crippen MR) is 153 cm³/mol. The Morgan fingerprint density at radius 1 is 0.951 bits per heavy atom. The van der Waals surface area contributed by atoms with Crippen LogP contribution in [0.2, 0.25) is 5.02 Å². The molecule has 3 aromatic rings. The van der Waals surface area contributed by atoms with Crippen LogP contribution >= 0.6 is 11.6 Å². The smallest absolute Gasteiger partial charge is 0.262 e. The summed E-state index contributed by atoms with van der Waals surface area (Å²) >= 11 is 6.02. The molecule has 0 fully saturated rings. The summed E-state index contributed by atoms with van der Waals surface area (Å²) in [6.07, 6.45) is 0.295. The highest BCUT2D eigenvalue weighted by Gasteiger charge is 2.20. The van der Waals surface area contributed by atoms with Crippen molar-refractivity contribution in [2.75, 3.05) is 24.3 Å². The second-order valence-corrected chi connectivity index (χ2v) is 12.6. The summed E-state index contributed by atoms with van der Waals surface area (Å²) in [5.41, 5.74) is 0.328. The number of halogens is 3. The lowest BCUT2D eigenvalue weighted by atomic mass is 10.0. The van der Waals surface area contributed by atoms with E-state index in [-0.39, 0.29) is 34.3 Å². The Hall–Kier alpha value is -3.54. The normalized spacial score (nSPS) is 11.7. The first-order valence-corrected chi connectivity index (χ1v) is 14.6. The molecule has 0 atom stereocenters. The van der Waals surface area contributed by atoms with Crippen molar-refractivity contribution < 1.29 is 36.3 Å². The van der Waals surface area contributed by atoms with E-state index in [0.29, 0.717) is 29.5 Å². The molecular weight excluding hydrogens is 578 g/mol. The Kier molecular flexibility index (Phi) is 10.5. The number of ketones is 1. The van der Waals surface area contributed by atoms with Crippen molar-refractivity contribution in [1.82, 2.24) is 4.72 Å². The van der Waals surface area contributed by atoms with Gasteiger partial charge in [-0.25, -0.2) is 21.9 Å². The highest BCUT2D eigenvalue weighted by Crippen LogP contribution is 2.27. The third kappa shape index (κ3) is 10.1. The summed E-state index contributed by atoms with van der Waals surface area (Å²) in [7, 11) is -3.42. The Morgan fingerprint density at radius 2 is 1.63 bits per heavy atom. The zero-order valence-electron chi connectivity index (χ0n) is 23.0. The lowest BCUT2D eigenvalue weighted by Gasteiger charge is -2.20. The van der Waals surface area contributed by atoms with Gasteiger partial charge in [-0.3, -0.25) is 9.59 Å². The fourth-order valence-corrected chi connectivity index (χ4v) is 5.50. The number of amides is 1. The van der Waals surface area contributed by atoms with Gasteiger partial charge >= 0.3 is 0 Å². The number of anilines is 1. The number of hydrogen-bond donors (Lipinski definition) is 2. The molecule has 12 heteroatoms. The third-order valence-corrected chi connectivity index (χ3v) is 7.41. The number of hydrogen-bond acceptors (Lipinski definition) is 6. The lowest BCUT2D eigenvalue weighted by Crippen LogP contribution is -2.41. The minimum atomic E-state index is -3.42. The van der Waals surface area contributed by atoms with Crippen LogP contribution < -0.4 is 19.5 Å². The molecule has 220 valence electrons. The maximum Gasteiger partial charge on any atom is 0.262 e. The van der Waals surface area contributed by atoms with Crippen LogP contribution in [0.4, 0.5) is 14.5 Å². The van der Waals surface area contributed by atoms with Gasteiger partial charge in [0.25, 0.3) is 5.91 Å². The molecule has 2 N–H and O–H groups in total. The van der Waals surface area contributed by atoms with Gasteiger partial charge in [0.1, 0.15) is 23.1 Å². The van der Waals surface area contributed by atoms with Crippen LogP contribution in [0.25, 0.3) is 0 Å². The molecule has 0 saturated carbocycles. The molecule has 0 aliphatic carbocycles. The number of aryl methyl sites for hydroxylation is 1. The number of ether oxygens (including phenoxy) is 2. The minimum absolute atomic E-state index is 0.0133. The number of carbonyl (C=O) groups excluding carboxylic acids is 2. The highest BCUT2D eigenvalue weighted by molar-refractivity contribution is 7.89. The van der Waals surface area contributed by atoms with E-state index in [1.54, 1.807) is 45.9 Å². The van der Waals surface area contributed by atoms with Gasteiger partial charge in [0.2, 0.25) is 10.0 Å². The topological polar surface area (TPSA) is 111 Å². The lowest BCUT2D eigenvalue weighted by molar-refractivity contribution is -0.118. The van der Waals surface area contributed by atoms with Gasteiger partial charge in [-0.05, 0) is 88.2 Å². The van der Waals surface area contributed by atoms with Gasteiger partial charge < -0.3 is 14.8 Å². The molecule has 41 heavy (non-hydrogen) atoms. The minimum Gasteiger partial charge on any atom is -0.494 e. The average Bonchev–Trinajstić information content (AvgIpc) is 2.85. The number of nitrogens with one attached hydrogen (secondary N) is 2. The summed E-state index contributed by atoms with van der Waals surface area (Å²) in [5.74, 6) is -2.62. The van der Waals surface area contributed by atoms with Crippen LogP contribution in [-0.2, 0) is 14.8 Å². The summed E-state index contributed by atoms with van der Waals surface area (Å²) in [6, 6.07) is 11.5. The largest absolute Gasteiger partial charge is 0.494 e. The third-order valence-electron chi connectivity index (χ3n) is 5.43. The van der Waals surface area contributed by atoms with Crippen LogP contribution in [0, 0.1) is 18.6 Å². The zero-order valence-corrected chi connectivity index (χ0v) is 24.6. The molecular formula is C29H31ClF2N2O6S. The van der Waals surface area contributed by atoms with E-state index >= 15 is 0 Å². The molecule has 3 rings (SSSR count). The Labute approximate surface area is 243 Å². The SMILES string of the molecule is Cc1cc(OCCCS(=O)(=O)NC(C)(C)C)ccc1NC(=O)COc1ccc(Cl)cc1C(=O)c1cc(F)cc(F)c1. The Balaban J connectivity index is 1.57. The fourth-order valence-electron chi connectivity index (χ4n) is 3.80. The second-order valence-electron chi connectivity index (χ2n) is 10.3. The molecule has 0 radical (unpaired) electrons. The summed E-state index contributed by atoms with van der Waals surface area (Å²) in [6.45, 7) is 6.79. The maximum atomic E-state index is 13.6. The molecule has 0 aromatic heterocycles. The zero-order chi connectivity index (χ0) is 30.4. The van der Waals surface area contributed by atoms with Crippen molar-refractivity contribution in [1.29, 1.82) is 0 Å². The van der Waals surface area contributed by atoms with Gasteiger partial charge in [0.05, 0.1) is 17.9 Å². The van der Waals surface area contributed by atoms with E-state index in [2.05, 4.69) is 10.0 Å². The predicted octanol–water partition coefficient (Wildman–Crippen LogP) is 5.66. The van der Waals surface area contributed by atoms with E-state index < -0.39 is 45.5 Å². The van der Waals surface area contributed by atoms with Crippen molar-refractivity contribution in [3.05, 3.63) is 87.9 Å². The Bertz CT molecular complexity index is 1520.